The van der Waals surface area contributed by atoms with Gasteiger partial charge in [0.05, 0.1) is 17.6 Å². The fourth-order valence-corrected chi connectivity index (χ4v) is 4.61. The summed E-state index contributed by atoms with van der Waals surface area (Å²) in [5.74, 6) is 0.903. The van der Waals surface area contributed by atoms with Crippen LogP contribution in [0.25, 0.3) is 16.9 Å². The molecule has 3 heterocycles. The fourth-order valence-electron chi connectivity index (χ4n) is 4.61. The molecule has 3 aromatic heterocycles. The Morgan fingerprint density at radius 2 is 1.92 bits per heavy atom. The number of fused-ring (bicyclic) bond motifs is 1. The molecule has 0 radical (unpaired) electrons. The smallest absolute Gasteiger partial charge is 0.354 e. The first kappa shape index (κ1) is 21.8. The average Bonchev–Trinajstić information content (AvgIpc) is 3.58. The maximum atomic E-state index is 12.3. The molecular weight excluding hydrogens is 452 g/mol. The Balaban J connectivity index is 1.31. The lowest BCUT2D eigenvalue weighted by Gasteiger charge is -2.15. The van der Waals surface area contributed by atoms with Gasteiger partial charge in [0, 0.05) is 35.2 Å². The molecule has 8 nitrogen and oxygen atoms in total. The van der Waals surface area contributed by atoms with Crippen LogP contribution >= 0.6 is 0 Å². The summed E-state index contributed by atoms with van der Waals surface area (Å²) in [7, 11) is 0. The van der Waals surface area contributed by atoms with Crippen LogP contribution in [-0.4, -0.2) is 19.5 Å². The second kappa shape index (κ2) is 9.14. The summed E-state index contributed by atoms with van der Waals surface area (Å²) in [5.41, 5.74) is 13.3. The number of benzene rings is 2. The Morgan fingerprint density at radius 3 is 2.72 bits per heavy atom. The van der Waals surface area contributed by atoms with Gasteiger partial charge in [0.25, 0.3) is 0 Å². The third-order valence-electron chi connectivity index (χ3n) is 6.37. The fraction of sp³-hybridized carbons (Fsp3) is 0.143. The molecule has 0 unspecified atom stereocenters. The number of pyridine rings is 1. The number of rotatable bonds is 6. The molecule has 2 aromatic carbocycles. The van der Waals surface area contributed by atoms with E-state index in [9.17, 15) is 4.79 Å². The van der Waals surface area contributed by atoms with E-state index in [0.29, 0.717) is 18.0 Å². The van der Waals surface area contributed by atoms with E-state index in [1.165, 1.54) is 10.1 Å². The van der Waals surface area contributed by atoms with Crippen LogP contribution in [0.2, 0.25) is 0 Å². The molecule has 8 heteroatoms. The molecule has 1 aliphatic rings. The molecule has 0 amide bonds. The van der Waals surface area contributed by atoms with E-state index in [1.807, 2.05) is 24.3 Å². The Hall–Kier alpha value is -4.72. The second-order valence-corrected chi connectivity index (χ2v) is 8.81. The summed E-state index contributed by atoms with van der Waals surface area (Å²) in [6, 6.07) is 19.7. The van der Waals surface area contributed by atoms with Gasteiger partial charge in [-0.1, -0.05) is 24.3 Å². The predicted molar refractivity (Wildman–Crippen MR) is 139 cm³/mol. The Morgan fingerprint density at radius 1 is 1.03 bits per heavy atom. The maximum absolute atomic E-state index is 12.3. The van der Waals surface area contributed by atoms with Gasteiger partial charge in [0.15, 0.2) is 5.89 Å². The van der Waals surface area contributed by atoms with Crippen LogP contribution in [0.15, 0.2) is 88.5 Å². The van der Waals surface area contributed by atoms with Crippen molar-refractivity contribution in [2.45, 2.75) is 25.7 Å². The van der Waals surface area contributed by atoms with Crippen LogP contribution < -0.4 is 16.7 Å². The predicted octanol–water partition coefficient (Wildman–Crippen LogP) is 4.69. The number of hydrogen-bond donors (Lipinski definition) is 2. The van der Waals surface area contributed by atoms with Crippen LogP contribution in [0.4, 0.5) is 17.2 Å². The number of anilines is 3. The minimum atomic E-state index is -0.414. The summed E-state index contributed by atoms with van der Waals surface area (Å²) in [4.78, 5) is 25.4. The summed E-state index contributed by atoms with van der Waals surface area (Å²) in [5, 5.41) is 3.60. The molecule has 0 fully saturated rings. The first-order valence-corrected chi connectivity index (χ1v) is 11.9. The zero-order valence-corrected chi connectivity index (χ0v) is 19.5. The molecule has 0 spiro atoms. The van der Waals surface area contributed by atoms with Gasteiger partial charge >= 0.3 is 5.69 Å². The molecule has 0 aliphatic heterocycles. The number of nitrogens with two attached hydrogens (primary N) is 1. The van der Waals surface area contributed by atoms with Crippen LogP contribution in [0.3, 0.4) is 0 Å². The lowest BCUT2D eigenvalue weighted by Crippen LogP contribution is -2.21. The highest BCUT2D eigenvalue weighted by atomic mass is 16.3. The van der Waals surface area contributed by atoms with Crippen molar-refractivity contribution in [2.75, 3.05) is 11.1 Å². The number of nitrogens with one attached hydrogen (secondary N) is 1. The van der Waals surface area contributed by atoms with Gasteiger partial charge in [-0.2, -0.15) is 4.98 Å². The van der Waals surface area contributed by atoms with Gasteiger partial charge in [-0.3, -0.25) is 9.55 Å². The number of hydrogen-bond acceptors (Lipinski definition) is 7. The highest BCUT2D eigenvalue weighted by Crippen LogP contribution is 2.34. The normalized spacial score (nSPS) is 12.4. The van der Waals surface area contributed by atoms with E-state index in [0.717, 1.165) is 53.2 Å². The molecule has 178 valence electrons. The summed E-state index contributed by atoms with van der Waals surface area (Å²) in [6.07, 6.45) is 8.58. The maximum Gasteiger partial charge on any atom is 0.354 e. The number of nitrogens with zero attached hydrogens (tertiary/aromatic N) is 4. The van der Waals surface area contributed by atoms with Gasteiger partial charge in [-0.25, -0.2) is 9.78 Å². The van der Waals surface area contributed by atoms with E-state index in [1.54, 1.807) is 24.7 Å². The molecule has 0 bridgehead atoms. The van der Waals surface area contributed by atoms with E-state index >= 15 is 0 Å². The van der Waals surface area contributed by atoms with Gasteiger partial charge in [-0.15, -0.1) is 0 Å². The third kappa shape index (κ3) is 4.36. The van der Waals surface area contributed by atoms with Gasteiger partial charge in [-0.05, 0) is 66.8 Å². The Kier molecular flexibility index (Phi) is 5.53. The topological polar surface area (TPSA) is 112 Å². The quantitative estimate of drug-likeness (QED) is 0.366. The van der Waals surface area contributed by atoms with E-state index in [-0.39, 0.29) is 5.82 Å². The highest BCUT2D eigenvalue weighted by Gasteiger charge is 2.19. The summed E-state index contributed by atoms with van der Waals surface area (Å²) >= 11 is 0. The van der Waals surface area contributed by atoms with Crippen molar-refractivity contribution in [3.8, 4) is 16.9 Å². The third-order valence-corrected chi connectivity index (χ3v) is 6.37. The minimum absolute atomic E-state index is 0.203. The molecule has 1 aliphatic carbocycles. The van der Waals surface area contributed by atoms with Crippen molar-refractivity contribution >= 4 is 17.2 Å². The van der Waals surface area contributed by atoms with E-state index < -0.39 is 5.69 Å². The Labute approximate surface area is 207 Å². The first-order chi connectivity index (χ1) is 17.6. The van der Waals surface area contributed by atoms with Crippen molar-refractivity contribution in [1.29, 1.82) is 0 Å². The molecule has 0 saturated heterocycles. The summed E-state index contributed by atoms with van der Waals surface area (Å²) in [6.45, 7) is 0. The molecule has 6 rings (SSSR count). The molecule has 3 N–H and O–H groups in total. The number of aryl methyl sites for hydroxylation is 1. The van der Waals surface area contributed by atoms with Crippen molar-refractivity contribution < 1.29 is 4.42 Å². The number of nitrogen functional groups attached to an aromatic ring is 1. The largest absolute Gasteiger partial charge is 0.449 e. The van der Waals surface area contributed by atoms with E-state index in [4.69, 9.17) is 15.1 Å². The van der Waals surface area contributed by atoms with Crippen LogP contribution in [0, 0.1) is 0 Å². The first-order valence-electron chi connectivity index (χ1n) is 11.9. The monoisotopic (exact) mass is 476 g/mol. The number of aromatic nitrogens is 4. The number of oxazole rings is 1. The SMILES string of the molecule is Nc1ccn(-c2cccc(-c3cc(Nc4ccc(Cc5ncco5)cc4)c4c(n3)CCC4)c2)c(=O)n1. The second-order valence-electron chi connectivity index (χ2n) is 8.81. The van der Waals surface area contributed by atoms with Crippen LogP contribution in [0.1, 0.15) is 29.1 Å². The molecule has 0 saturated carbocycles. The van der Waals surface area contributed by atoms with Crippen LogP contribution in [0.5, 0.6) is 0 Å². The lowest BCUT2D eigenvalue weighted by molar-refractivity contribution is 0.507. The van der Waals surface area contributed by atoms with Gasteiger partial charge in [0.1, 0.15) is 12.1 Å². The summed E-state index contributed by atoms with van der Waals surface area (Å²) < 4.78 is 6.83. The van der Waals surface area contributed by atoms with Crippen molar-refractivity contribution in [1.82, 2.24) is 19.5 Å². The van der Waals surface area contributed by atoms with Gasteiger partial charge in [0.2, 0.25) is 0 Å². The van der Waals surface area contributed by atoms with Gasteiger partial charge < -0.3 is 15.5 Å². The zero-order valence-electron chi connectivity index (χ0n) is 19.5. The van der Waals surface area contributed by atoms with Crippen molar-refractivity contribution in [3.63, 3.8) is 0 Å². The molecular formula is C28H24N6O2. The van der Waals surface area contributed by atoms with Crippen molar-refractivity contribution in [3.05, 3.63) is 113 Å². The zero-order chi connectivity index (χ0) is 24.5. The van der Waals surface area contributed by atoms with Crippen molar-refractivity contribution in [2.24, 2.45) is 0 Å². The minimum Gasteiger partial charge on any atom is -0.449 e. The lowest BCUT2D eigenvalue weighted by atomic mass is 10.1. The van der Waals surface area contributed by atoms with E-state index in [2.05, 4.69) is 45.6 Å². The molecule has 36 heavy (non-hydrogen) atoms. The standard InChI is InChI=1S/C28H24N6O2/c29-26-11-13-34(28(35)33-26)21-4-1-3-19(16-21)24-17-25(22-5-2-6-23(22)32-24)31-20-9-7-18(8-10-20)15-27-30-12-14-36-27/h1,3-4,7-14,16-17H,2,5-6,15H2,(H,31,32)(H2,29,33,35). The highest BCUT2D eigenvalue weighted by molar-refractivity contribution is 5.73. The molecule has 0 atom stereocenters. The Bertz CT molecular complexity index is 1590. The molecule has 5 aromatic rings. The average molecular weight is 477 g/mol. The van der Waals surface area contributed by atoms with Crippen LogP contribution in [-0.2, 0) is 19.3 Å².